The average molecular weight is 309 g/mol. The first kappa shape index (κ1) is 15.6. The molecule has 0 unspecified atom stereocenters. The molecule has 0 aliphatic carbocycles. The number of rotatable bonds is 3. The first-order chi connectivity index (χ1) is 10.9. The third kappa shape index (κ3) is 3.24. The molecular formula is C20H23NO2. The quantitative estimate of drug-likeness (QED) is 0.902. The first-order valence-electron chi connectivity index (χ1n) is 8.11. The lowest BCUT2D eigenvalue weighted by Gasteiger charge is -2.27. The number of anilines is 1. The lowest BCUT2D eigenvalue weighted by Crippen LogP contribution is -2.24. The summed E-state index contributed by atoms with van der Waals surface area (Å²) in [7, 11) is 0. The fourth-order valence-corrected chi connectivity index (χ4v) is 3.11. The number of hydrogen-bond donors (Lipinski definition) is 1. The highest BCUT2D eigenvalue weighted by molar-refractivity contribution is 5.95. The summed E-state index contributed by atoms with van der Waals surface area (Å²) in [4.78, 5) is 12.1. The second kappa shape index (κ2) is 6.07. The summed E-state index contributed by atoms with van der Waals surface area (Å²) in [6.45, 7) is 8.22. The van der Waals surface area contributed by atoms with Gasteiger partial charge in [0.25, 0.3) is 0 Å². The van der Waals surface area contributed by atoms with Crippen LogP contribution in [0.1, 0.15) is 48.4 Å². The molecule has 0 aromatic heterocycles. The van der Waals surface area contributed by atoms with Crippen molar-refractivity contribution >= 4 is 11.6 Å². The number of carbonyl (C=O) groups excluding carboxylic acids is 1. The second-order valence-corrected chi connectivity index (χ2v) is 6.57. The van der Waals surface area contributed by atoms with E-state index < -0.39 is 0 Å². The van der Waals surface area contributed by atoms with Gasteiger partial charge < -0.3 is 10.1 Å². The second-order valence-electron chi connectivity index (χ2n) is 6.57. The fraction of sp³-hybridized carbons (Fsp3) is 0.350. The van der Waals surface area contributed by atoms with Gasteiger partial charge in [-0.1, -0.05) is 18.2 Å². The van der Waals surface area contributed by atoms with Crippen LogP contribution in [-0.2, 0) is 4.79 Å². The van der Waals surface area contributed by atoms with Crippen LogP contribution in [0.15, 0.2) is 36.4 Å². The van der Waals surface area contributed by atoms with Gasteiger partial charge in [0.05, 0.1) is 6.10 Å². The molecule has 1 aliphatic rings. The molecule has 2 aromatic rings. The van der Waals surface area contributed by atoms with E-state index in [1.807, 2.05) is 26.0 Å². The number of carbonyl (C=O) groups is 1. The minimum absolute atomic E-state index is 0.0703. The molecule has 1 atom stereocenters. The molecule has 3 nitrogen and oxygen atoms in total. The zero-order valence-electron chi connectivity index (χ0n) is 14.1. The van der Waals surface area contributed by atoms with Crippen molar-refractivity contribution in [2.75, 3.05) is 5.32 Å². The smallest absolute Gasteiger partial charge is 0.225 e. The van der Waals surface area contributed by atoms with Crippen molar-refractivity contribution in [2.45, 2.75) is 46.1 Å². The van der Waals surface area contributed by atoms with Crippen molar-refractivity contribution in [3.05, 3.63) is 58.7 Å². The number of hydrogen-bond acceptors (Lipinski definition) is 2. The van der Waals surface area contributed by atoms with Crippen molar-refractivity contribution in [3.63, 3.8) is 0 Å². The van der Waals surface area contributed by atoms with Crippen molar-refractivity contribution in [3.8, 4) is 5.75 Å². The Morgan fingerprint density at radius 3 is 2.61 bits per heavy atom. The number of ether oxygens (including phenoxy) is 1. The first-order valence-corrected chi connectivity index (χ1v) is 8.11. The average Bonchev–Trinajstić information content (AvgIpc) is 2.48. The Morgan fingerprint density at radius 2 is 1.87 bits per heavy atom. The van der Waals surface area contributed by atoms with E-state index in [0.29, 0.717) is 6.42 Å². The molecule has 0 bridgehead atoms. The molecule has 0 fully saturated rings. The van der Waals surface area contributed by atoms with Crippen LogP contribution >= 0.6 is 0 Å². The molecule has 2 aromatic carbocycles. The Bertz CT molecular complexity index is 749. The van der Waals surface area contributed by atoms with E-state index in [1.54, 1.807) is 0 Å². The summed E-state index contributed by atoms with van der Waals surface area (Å²) in [5, 5.41) is 3.00. The summed E-state index contributed by atoms with van der Waals surface area (Å²) in [5.41, 5.74) is 5.70. The minimum atomic E-state index is 0.0703. The zero-order chi connectivity index (χ0) is 16.6. The highest BCUT2D eigenvalue weighted by atomic mass is 16.5. The van der Waals surface area contributed by atoms with E-state index in [9.17, 15) is 4.79 Å². The maximum atomic E-state index is 12.1. The van der Waals surface area contributed by atoms with Crippen LogP contribution in [0.5, 0.6) is 5.75 Å². The van der Waals surface area contributed by atoms with Crippen molar-refractivity contribution in [1.82, 2.24) is 0 Å². The Balaban J connectivity index is 2.04. The van der Waals surface area contributed by atoms with Crippen molar-refractivity contribution in [2.24, 2.45) is 0 Å². The SMILES string of the molecule is Cc1cc2c(cc1C)[C@H](c1cccc(OC(C)C)c1)CC(=O)N2. The Labute approximate surface area is 137 Å². The topological polar surface area (TPSA) is 38.3 Å². The highest BCUT2D eigenvalue weighted by Crippen LogP contribution is 2.39. The molecule has 0 radical (unpaired) electrons. The molecule has 0 saturated carbocycles. The lowest BCUT2D eigenvalue weighted by molar-refractivity contribution is -0.116. The summed E-state index contributed by atoms with van der Waals surface area (Å²) in [6.07, 6.45) is 0.609. The normalized spacial score (nSPS) is 16.9. The Hall–Kier alpha value is -2.29. The van der Waals surface area contributed by atoms with Gasteiger partial charge in [-0.2, -0.15) is 0 Å². The molecule has 0 saturated heterocycles. The van der Waals surface area contributed by atoms with Gasteiger partial charge in [-0.3, -0.25) is 4.79 Å². The fourth-order valence-electron chi connectivity index (χ4n) is 3.11. The van der Waals surface area contributed by atoms with Crippen LogP contribution in [0.4, 0.5) is 5.69 Å². The van der Waals surface area contributed by atoms with Crippen molar-refractivity contribution in [1.29, 1.82) is 0 Å². The molecule has 23 heavy (non-hydrogen) atoms. The molecule has 1 N–H and O–H groups in total. The third-order valence-electron chi connectivity index (χ3n) is 4.34. The molecule has 0 spiro atoms. The molecule has 3 heteroatoms. The maximum absolute atomic E-state index is 12.1. The summed E-state index contributed by atoms with van der Waals surface area (Å²) in [6, 6.07) is 12.4. The minimum Gasteiger partial charge on any atom is -0.491 e. The summed E-state index contributed by atoms with van der Waals surface area (Å²) < 4.78 is 5.80. The molecule has 1 amide bonds. The van der Waals surface area contributed by atoms with Crippen LogP contribution in [0.25, 0.3) is 0 Å². The van der Waals surface area contributed by atoms with Gasteiger partial charge in [0.15, 0.2) is 0 Å². The molecule has 1 heterocycles. The highest BCUT2D eigenvalue weighted by Gasteiger charge is 2.27. The zero-order valence-corrected chi connectivity index (χ0v) is 14.1. The van der Waals surface area contributed by atoms with Crippen LogP contribution in [-0.4, -0.2) is 12.0 Å². The van der Waals surface area contributed by atoms with Crippen LogP contribution in [0, 0.1) is 13.8 Å². The van der Waals surface area contributed by atoms with E-state index in [2.05, 4.69) is 43.4 Å². The lowest BCUT2D eigenvalue weighted by atomic mass is 9.83. The Kier molecular flexibility index (Phi) is 4.12. The number of nitrogens with one attached hydrogen (secondary N) is 1. The van der Waals surface area contributed by atoms with Gasteiger partial charge in [0.2, 0.25) is 5.91 Å². The van der Waals surface area contributed by atoms with E-state index in [0.717, 1.165) is 17.0 Å². The largest absolute Gasteiger partial charge is 0.491 e. The number of aryl methyl sites for hydroxylation is 2. The predicted octanol–water partition coefficient (Wildman–Crippen LogP) is 4.56. The van der Waals surface area contributed by atoms with E-state index >= 15 is 0 Å². The van der Waals surface area contributed by atoms with Crippen LogP contribution in [0.2, 0.25) is 0 Å². The standard InChI is InChI=1S/C20H23NO2/c1-12(2)23-16-7-5-6-15(10-16)17-11-20(22)21-19-9-14(4)13(3)8-18(17)19/h5-10,12,17H,11H2,1-4H3,(H,21,22)/t17-/m0/s1. The summed E-state index contributed by atoms with van der Waals surface area (Å²) in [5.74, 6) is 1.00. The van der Waals surface area contributed by atoms with Gasteiger partial charge in [0, 0.05) is 18.0 Å². The van der Waals surface area contributed by atoms with E-state index in [4.69, 9.17) is 4.74 Å². The molecule has 120 valence electrons. The molecular weight excluding hydrogens is 286 g/mol. The van der Waals surface area contributed by atoms with E-state index in [-0.39, 0.29) is 17.9 Å². The van der Waals surface area contributed by atoms with Gasteiger partial charge in [0.1, 0.15) is 5.75 Å². The summed E-state index contributed by atoms with van der Waals surface area (Å²) >= 11 is 0. The van der Waals surface area contributed by atoms with Crippen LogP contribution < -0.4 is 10.1 Å². The van der Waals surface area contributed by atoms with Gasteiger partial charge >= 0.3 is 0 Å². The van der Waals surface area contributed by atoms with E-state index in [1.165, 1.54) is 16.7 Å². The van der Waals surface area contributed by atoms with Gasteiger partial charge in [-0.25, -0.2) is 0 Å². The number of fused-ring (bicyclic) bond motifs is 1. The predicted molar refractivity (Wildman–Crippen MR) is 93.2 cm³/mol. The Morgan fingerprint density at radius 1 is 1.13 bits per heavy atom. The van der Waals surface area contributed by atoms with Gasteiger partial charge in [-0.15, -0.1) is 0 Å². The van der Waals surface area contributed by atoms with Crippen molar-refractivity contribution < 1.29 is 9.53 Å². The third-order valence-corrected chi connectivity index (χ3v) is 4.34. The molecule has 3 rings (SSSR count). The van der Waals surface area contributed by atoms with Gasteiger partial charge in [-0.05, 0) is 68.1 Å². The van der Waals surface area contributed by atoms with Crippen LogP contribution in [0.3, 0.4) is 0 Å². The molecule has 1 aliphatic heterocycles. The maximum Gasteiger partial charge on any atom is 0.225 e. The number of amides is 1. The monoisotopic (exact) mass is 309 g/mol. The number of benzene rings is 2.